The van der Waals surface area contributed by atoms with Crippen molar-refractivity contribution in [1.82, 2.24) is 9.71 Å². The Morgan fingerprint density at radius 2 is 1.89 bits per heavy atom. The summed E-state index contributed by atoms with van der Waals surface area (Å²) in [5, 5.41) is 0.789. The maximum atomic E-state index is 12.1. The third-order valence-corrected chi connectivity index (χ3v) is 2.63. The van der Waals surface area contributed by atoms with Gasteiger partial charge in [-0.2, -0.15) is 4.73 Å². The monoisotopic (exact) mass is 238 g/mol. The lowest BCUT2D eigenvalue weighted by Crippen LogP contribution is -2.18. The summed E-state index contributed by atoms with van der Waals surface area (Å²) in [4.78, 5) is 21.5. The Morgan fingerprint density at radius 1 is 1.06 bits per heavy atom. The average molecular weight is 238 g/mol. The molecule has 0 aliphatic carbocycles. The van der Waals surface area contributed by atoms with Crippen molar-refractivity contribution in [2.24, 2.45) is 0 Å². The van der Waals surface area contributed by atoms with Crippen LogP contribution in [-0.2, 0) is 0 Å². The zero-order valence-corrected chi connectivity index (χ0v) is 9.48. The maximum absolute atomic E-state index is 12.1. The number of fused-ring (bicyclic) bond motifs is 1. The molecule has 0 fully saturated rings. The van der Waals surface area contributed by atoms with Crippen molar-refractivity contribution in [3.63, 3.8) is 0 Å². The molecule has 0 amide bonds. The van der Waals surface area contributed by atoms with Gasteiger partial charge in [-0.15, -0.1) is 0 Å². The lowest BCUT2D eigenvalue weighted by molar-refractivity contribution is 0.0465. The van der Waals surface area contributed by atoms with E-state index < -0.39 is 5.97 Å². The molecule has 4 heteroatoms. The van der Waals surface area contributed by atoms with E-state index in [9.17, 15) is 4.79 Å². The fraction of sp³-hybridized carbons (Fsp3) is 0. The summed E-state index contributed by atoms with van der Waals surface area (Å²) in [5.74, 6) is -0.398. The van der Waals surface area contributed by atoms with Crippen molar-refractivity contribution in [2.45, 2.75) is 0 Å². The summed E-state index contributed by atoms with van der Waals surface area (Å²) < 4.78 is 1.37. The number of rotatable bonds is 2. The molecule has 3 rings (SSSR count). The zero-order valence-electron chi connectivity index (χ0n) is 9.48. The predicted molar refractivity (Wildman–Crippen MR) is 67.1 cm³/mol. The molecule has 0 N–H and O–H groups in total. The predicted octanol–water partition coefficient (Wildman–Crippen LogP) is 2.31. The van der Waals surface area contributed by atoms with Gasteiger partial charge in [0, 0.05) is 24.0 Å². The Balaban J connectivity index is 2.01. The van der Waals surface area contributed by atoms with Gasteiger partial charge in [-0.05, 0) is 30.3 Å². The molecule has 0 radical (unpaired) electrons. The first-order valence-corrected chi connectivity index (χ1v) is 5.54. The van der Waals surface area contributed by atoms with Gasteiger partial charge >= 0.3 is 5.97 Å². The van der Waals surface area contributed by atoms with Crippen molar-refractivity contribution in [1.29, 1.82) is 0 Å². The normalized spacial score (nSPS) is 10.4. The summed E-state index contributed by atoms with van der Waals surface area (Å²) in [5.41, 5.74) is 1.29. The first kappa shape index (κ1) is 10.5. The zero-order chi connectivity index (χ0) is 12.4. The van der Waals surface area contributed by atoms with Crippen LogP contribution in [0.15, 0.2) is 61.1 Å². The minimum absolute atomic E-state index is 0.398. The van der Waals surface area contributed by atoms with E-state index in [0.717, 1.165) is 10.9 Å². The topological polar surface area (TPSA) is 44.1 Å². The first-order valence-electron chi connectivity index (χ1n) is 5.54. The molecule has 1 aromatic carbocycles. The fourth-order valence-electron chi connectivity index (χ4n) is 1.81. The molecule has 0 saturated heterocycles. The molecule has 4 nitrogen and oxygen atoms in total. The Hall–Kier alpha value is -2.62. The second kappa shape index (κ2) is 4.33. The highest BCUT2D eigenvalue weighted by atomic mass is 16.7. The van der Waals surface area contributed by atoms with Gasteiger partial charge in [0.2, 0.25) is 0 Å². The quantitative estimate of drug-likeness (QED) is 0.688. The summed E-state index contributed by atoms with van der Waals surface area (Å²) in [6.07, 6.45) is 5.03. The van der Waals surface area contributed by atoms with Gasteiger partial charge in [-0.3, -0.25) is 4.98 Å². The maximum Gasteiger partial charge on any atom is 0.364 e. The molecule has 0 saturated carbocycles. The van der Waals surface area contributed by atoms with E-state index in [1.807, 2.05) is 12.1 Å². The van der Waals surface area contributed by atoms with Gasteiger partial charge in [0.25, 0.3) is 0 Å². The molecular weight excluding hydrogens is 228 g/mol. The SMILES string of the molecule is O=C(On1cccc1)c1cccc2ncccc12. The molecule has 0 aliphatic rings. The molecule has 2 aromatic heterocycles. The van der Waals surface area contributed by atoms with Crippen LogP contribution in [0.2, 0.25) is 0 Å². The van der Waals surface area contributed by atoms with Crippen LogP contribution >= 0.6 is 0 Å². The number of aromatic nitrogens is 2. The average Bonchev–Trinajstić information content (AvgIpc) is 2.91. The summed E-state index contributed by atoms with van der Waals surface area (Å²) in [6, 6.07) is 12.6. The van der Waals surface area contributed by atoms with Gasteiger partial charge in [0.15, 0.2) is 0 Å². The van der Waals surface area contributed by atoms with Crippen LogP contribution in [0.25, 0.3) is 10.9 Å². The number of hydrogen-bond acceptors (Lipinski definition) is 3. The lowest BCUT2D eigenvalue weighted by Gasteiger charge is -2.06. The minimum atomic E-state index is -0.398. The third-order valence-electron chi connectivity index (χ3n) is 2.63. The molecule has 88 valence electrons. The molecule has 2 heterocycles. The molecule has 0 bridgehead atoms. The molecule has 0 spiro atoms. The van der Waals surface area contributed by atoms with E-state index in [4.69, 9.17) is 4.84 Å². The van der Waals surface area contributed by atoms with E-state index in [1.54, 1.807) is 48.9 Å². The Kier molecular flexibility index (Phi) is 2.53. The highest BCUT2D eigenvalue weighted by molar-refractivity contribution is 6.03. The van der Waals surface area contributed by atoms with Crippen molar-refractivity contribution in [3.05, 3.63) is 66.6 Å². The third kappa shape index (κ3) is 1.84. The van der Waals surface area contributed by atoms with Crippen LogP contribution in [0.3, 0.4) is 0 Å². The second-order valence-corrected chi connectivity index (χ2v) is 3.80. The number of nitrogens with zero attached hydrogens (tertiary/aromatic N) is 2. The van der Waals surface area contributed by atoms with Crippen molar-refractivity contribution >= 4 is 16.9 Å². The van der Waals surface area contributed by atoms with Crippen LogP contribution in [0, 0.1) is 0 Å². The van der Waals surface area contributed by atoms with Gasteiger partial charge in [0.05, 0.1) is 11.1 Å². The highest BCUT2D eigenvalue weighted by Gasteiger charge is 2.12. The van der Waals surface area contributed by atoms with E-state index >= 15 is 0 Å². The molecule has 3 aromatic rings. The first-order chi connectivity index (χ1) is 8.84. The lowest BCUT2D eigenvalue weighted by atomic mass is 10.1. The number of benzene rings is 1. The second-order valence-electron chi connectivity index (χ2n) is 3.80. The Bertz CT molecular complexity index is 685. The van der Waals surface area contributed by atoms with Crippen LogP contribution in [0.4, 0.5) is 0 Å². The van der Waals surface area contributed by atoms with Crippen molar-refractivity contribution in [2.75, 3.05) is 0 Å². The molecular formula is C14H10N2O2. The molecule has 0 atom stereocenters. The van der Waals surface area contributed by atoms with Crippen LogP contribution in [-0.4, -0.2) is 15.7 Å². The van der Waals surface area contributed by atoms with E-state index in [0.29, 0.717) is 5.56 Å². The summed E-state index contributed by atoms with van der Waals surface area (Å²) in [7, 11) is 0. The minimum Gasteiger partial charge on any atom is -0.332 e. The van der Waals surface area contributed by atoms with Gasteiger partial charge in [0.1, 0.15) is 0 Å². The van der Waals surface area contributed by atoms with Crippen LogP contribution in [0.5, 0.6) is 0 Å². The fourth-order valence-corrected chi connectivity index (χ4v) is 1.81. The van der Waals surface area contributed by atoms with Gasteiger partial charge < -0.3 is 4.84 Å². The molecule has 0 unspecified atom stereocenters. The van der Waals surface area contributed by atoms with Crippen molar-refractivity contribution < 1.29 is 9.63 Å². The van der Waals surface area contributed by atoms with E-state index in [1.165, 1.54) is 4.73 Å². The van der Waals surface area contributed by atoms with E-state index in [2.05, 4.69) is 4.98 Å². The van der Waals surface area contributed by atoms with E-state index in [-0.39, 0.29) is 0 Å². The highest BCUT2D eigenvalue weighted by Crippen LogP contribution is 2.16. The summed E-state index contributed by atoms with van der Waals surface area (Å²) in [6.45, 7) is 0. The number of carbonyl (C=O) groups excluding carboxylic acids is 1. The standard InChI is InChI=1S/C14H10N2O2/c17-14(18-16-9-1-2-10-16)12-5-3-7-13-11(12)6-4-8-15-13/h1-10H. The molecule has 0 aliphatic heterocycles. The van der Waals surface area contributed by atoms with Crippen molar-refractivity contribution in [3.8, 4) is 0 Å². The summed E-state index contributed by atoms with van der Waals surface area (Å²) >= 11 is 0. The Morgan fingerprint density at radius 3 is 2.72 bits per heavy atom. The van der Waals surface area contributed by atoms with Crippen LogP contribution < -0.4 is 4.84 Å². The number of pyridine rings is 1. The number of hydrogen-bond donors (Lipinski definition) is 0. The number of carbonyl (C=O) groups is 1. The van der Waals surface area contributed by atoms with Gasteiger partial charge in [-0.1, -0.05) is 12.1 Å². The Labute approximate surface area is 103 Å². The smallest absolute Gasteiger partial charge is 0.332 e. The largest absolute Gasteiger partial charge is 0.364 e. The van der Waals surface area contributed by atoms with Crippen LogP contribution in [0.1, 0.15) is 10.4 Å². The van der Waals surface area contributed by atoms with Gasteiger partial charge in [-0.25, -0.2) is 4.79 Å². The molecule has 18 heavy (non-hydrogen) atoms.